The van der Waals surface area contributed by atoms with Crippen molar-refractivity contribution in [2.75, 3.05) is 32.8 Å². The number of rotatable bonds is 6. The van der Waals surface area contributed by atoms with Gasteiger partial charge in [-0.15, -0.1) is 0 Å². The van der Waals surface area contributed by atoms with Crippen LogP contribution in [-0.4, -0.2) is 59.2 Å². The third kappa shape index (κ3) is 4.55. The topological polar surface area (TPSA) is 59.4 Å². The van der Waals surface area contributed by atoms with Crippen molar-refractivity contribution >= 4 is 5.91 Å². The fraction of sp³-hybridized carbons (Fsp3) is 0.750. The third-order valence-electron chi connectivity index (χ3n) is 4.65. The first kappa shape index (κ1) is 15.5. The highest BCUT2D eigenvalue weighted by molar-refractivity contribution is 5.78. The summed E-state index contributed by atoms with van der Waals surface area (Å²) in [6.45, 7) is 5.07. The summed E-state index contributed by atoms with van der Waals surface area (Å²) in [5.41, 5.74) is 0. The van der Waals surface area contributed by atoms with Gasteiger partial charge in [0, 0.05) is 32.1 Å². The lowest BCUT2D eigenvalue weighted by Crippen LogP contribution is -2.43. The number of carbonyl (C=O) groups excluding carboxylic acids is 1. The summed E-state index contributed by atoms with van der Waals surface area (Å²) in [5, 5.41) is 3.00. The van der Waals surface area contributed by atoms with E-state index in [1.165, 1.54) is 0 Å². The Morgan fingerprint density at radius 3 is 2.86 bits per heavy atom. The zero-order valence-electron chi connectivity index (χ0n) is 13.1. The zero-order chi connectivity index (χ0) is 15.2. The Morgan fingerprint density at radius 2 is 2.18 bits per heavy atom. The van der Waals surface area contributed by atoms with E-state index in [0.717, 1.165) is 51.9 Å². The van der Waals surface area contributed by atoms with Gasteiger partial charge < -0.3 is 14.6 Å². The number of nitrogens with one attached hydrogen (secondary N) is 1. The van der Waals surface area contributed by atoms with E-state index in [0.29, 0.717) is 19.0 Å². The van der Waals surface area contributed by atoms with Gasteiger partial charge >= 0.3 is 0 Å². The molecular formula is C16H26N4O2. The van der Waals surface area contributed by atoms with E-state index >= 15 is 0 Å². The average Bonchev–Trinajstić information content (AvgIpc) is 3.20. The van der Waals surface area contributed by atoms with Crippen LogP contribution in [0.5, 0.6) is 0 Å². The van der Waals surface area contributed by atoms with Gasteiger partial charge in [-0.3, -0.25) is 9.69 Å². The minimum atomic E-state index is 0.128. The van der Waals surface area contributed by atoms with Gasteiger partial charge in [0.05, 0.1) is 19.0 Å². The van der Waals surface area contributed by atoms with Crippen molar-refractivity contribution in [3.05, 3.63) is 18.7 Å². The van der Waals surface area contributed by atoms with Gasteiger partial charge in [0.1, 0.15) is 0 Å². The molecule has 1 atom stereocenters. The van der Waals surface area contributed by atoms with Gasteiger partial charge in [0.15, 0.2) is 0 Å². The standard InChI is InChI=1S/C16H26N4O2/c21-16(18-10-15-2-1-9-22-15)12-19-6-3-14(4-7-19)11-20-8-5-17-13-20/h5,8,13-15H,1-4,6-7,9-12H2,(H,18,21). The fourth-order valence-corrected chi connectivity index (χ4v) is 3.31. The molecule has 3 heterocycles. The molecule has 1 aromatic rings. The first-order valence-electron chi connectivity index (χ1n) is 8.36. The Balaban J connectivity index is 1.32. The lowest BCUT2D eigenvalue weighted by Gasteiger charge is -2.31. The summed E-state index contributed by atoms with van der Waals surface area (Å²) >= 11 is 0. The van der Waals surface area contributed by atoms with Crippen LogP contribution in [0, 0.1) is 5.92 Å². The number of nitrogens with zero attached hydrogens (tertiary/aromatic N) is 3. The van der Waals surface area contributed by atoms with Gasteiger partial charge in [0.25, 0.3) is 0 Å². The van der Waals surface area contributed by atoms with Crippen LogP contribution >= 0.6 is 0 Å². The molecular weight excluding hydrogens is 280 g/mol. The maximum absolute atomic E-state index is 12.0. The molecule has 0 saturated carbocycles. The number of ether oxygens (including phenoxy) is 1. The number of piperidine rings is 1. The van der Waals surface area contributed by atoms with Crippen molar-refractivity contribution in [2.45, 2.75) is 38.3 Å². The molecule has 6 heteroatoms. The maximum Gasteiger partial charge on any atom is 0.234 e. The minimum absolute atomic E-state index is 0.128. The van der Waals surface area contributed by atoms with Crippen molar-refractivity contribution in [3.8, 4) is 0 Å². The van der Waals surface area contributed by atoms with Gasteiger partial charge in [0.2, 0.25) is 5.91 Å². The number of aromatic nitrogens is 2. The van der Waals surface area contributed by atoms with Crippen LogP contribution in [0.15, 0.2) is 18.7 Å². The van der Waals surface area contributed by atoms with Crippen LogP contribution in [-0.2, 0) is 16.1 Å². The highest BCUT2D eigenvalue weighted by Crippen LogP contribution is 2.18. The monoisotopic (exact) mass is 306 g/mol. The highest BCUT2D eigenvalue weighted by Gasteiger charge is 2.22. The molecule has 0 aliphatic carbocycles. The Labute approximate surface area is 131 Å². The van der Waals surface area contributed by atoms with Gasteiger partial charge in [-0.2, -0.15) is 0 Å². The molecule has 1 aromatic heterocycles. The average molecular weight is 306 g/mol. The quantitative estimate of drug-likeness (QED) is 0.848. The van der Waals surface area contributed by atoms with E-state index in [2.05, 4.69) is 19.8 Å². The lowest BCUT2D eigenvalue weighted by atomic mass is 9.97. The normalized spacial score (nSPS) is 23.7. The van der Waals surface area contributed by atoms with E-state index in [9.17, 15) is 4.79 Å². The first-order valence-corrected chi connectivity index (χ1v) is 8.36. The fourth-order valence-electron chi connectivity index (χ4n) is 3.31. The molecule has 2 aliphatic rings. The summed E-state index contributed by atoms with van der Waals surface area (Å²) < 4.78 is 7.67. The lowest BCUT2D eigenvalue weighted by molar-refractivity contribution is -0.123. The zero-order valence-corrected chi connectivity index (χ0v) is 13.1. The van der Waals surface area contributed by atoms with E-state index in [4.69, 9.17) is 4.74 Å². The van der Waals surface area contributed by atoms with Crippen molar-refractivity contribution in [1.29, 1.82) is 0 Å². The molecule has 0 bridgehead atoms. The van der Waals surface area contributed by atoms with Crippen LogP contribution in [0.2, 0.25) is 0 Å². The molecule has 2 fully saturated rings. The molecule has 1 amide bonds. The summed E-state index contributed by atoms with van der Waals surface area (Å²) in [7, 11) is 0. The molecule has 6 nitrogen and oxygen atoms in total. The van der Waals surface area contributed by atoms with Gasteiger partial charge in [-0.05, 0) is 44.7 Å². The predicted molar refractivity (Wildman–Crippen MR) is 83.4 cm³/mol. The van der Waals surface area contributed by atoms with Crippen molar-refractivity contribution in [1.82, 2.24) is 19.8 Å². The summed E-state index contributed by atoms with van der Waals surface area (Å²) in [6.07, 6.45) is 10.4. The van der Waals surface area contributed by atoms with Crippen LogP contribution in [0.3, 0.4) is 0 Å². The molecule has 1 unspecified atom stereocenters. The van der Waals surface area contributed by atoms with Crippen molar-refractivity contribution < 1.29 is 9.53 Å². The number of carbonyl (C=O) groups is 1. The molecule has 1 N–H and O–H groups in total. The molecule has 3 rings (SSSR count). The Kier molecular flexibility index (Phi) is 5.45. The first-order chi connectivity index (χ1) is 10.8. The number of hydrogen-bond donors (Lipinski definition) is 1. The van der Waals surface area contributed by atoms with Crippen LogP contribution in [0.4, 0.5) is 0 Å². The van der Waals surface area contributed by atoms with Crippen molar-refractivity contribution in [3.63, 3.8) is 0 Å². The Bertz CT molecular complexity index is 449. The minimum Gasteiger partial charge on any atom is -0.376 e. The summed E-state index contributed by atoms with van der Waals surface area (Å²) in [5.74, 6) is 0.823. The molecule has 122 valence electrons. The molecule has 2 saturated heterocycles. The Morgan fingerprint density at radius 1 is 1.32 bits per heavy atom. The Hall–Kier alpha value is -1.40. The maximum atomic E-state index is 12.0. The van der Waals surface area contributed by atoms with Crippen LogP contribution in [0.25, 0.3) is 0 Å². The van der Waals surface area contributed by atoms with E-state index in [1.807, 2.05) is 18.7 Å². The molecule has 2 aliphatic heterocycles. The summed E-state index contributed by atoms with van der Waals surface area (Å²) in [4.78, 5) is 18.3. The van der Waals surface area contributed by atoms with Crippen molar-refractivity contribution in [2.24, 2.45) is 5.92 Å². The molecule has 0 spiro atoms. The SMILES string of the molecule is O=C(CN1CCC(Cn2ccnc2)CC1)NCC1CCCO1. The number of amides is 1. The molecule has 0 aromatic carbocycles. The molecule has 22 heavy (non-hydrogen) atoms. The molecule has 0 radical (unpaired) electrons. The second kappa shape index (κ2) is 7.74. The number of imidazole rings is 1. The van der Waals surface area contributed by atoms with E-state index in [-0.39, 0.29) is 12.0 Å². The number of hydrogen-bond acceptors (Lipinski definition) is 4. The smallest absolute Gasteiger partial charge is 0.234 e. The second-order valence-electron chi connectivity index (χ2n) is 6.42. The van der Waals surface area contributed by atoms with Gasteiger partial charge in [-0.1, -0.05) is 0 Å². The highest BCUT2D eigenvalue weighted by atomic mass is 16.5. The van der Waals surface area contributed by atoms with E-state index in [1.54, 1.807) is 0 Å². The summed E-state index contributed by atoms with van der Waals surface area (Å²) in [6, 6.07) is 0. The number of likely N-dealkylation sites (tertiary alicyclic amines) is 1. The predicted octanol–water partition coefficient (Wildman–Crippen LogP) is 0.890. The second-order valence-corrected chi connectivity index (χ2v) is 6.42. The van der Waals surface area contributed by atoms with Crippen LogP contribution < -0.4 is 5.32 Å². The van der Waals surface area contributed by atoms with E-state index < -0.39 is 0 Å². The third-order valence-corrected chi connectivity index (χ3v) is 4.65. The largest absolute Gasteiger partial charge is 0.376 e. The van der Waals surface area contributed by atoms with Crippen LogP contribution in [0.1, 0.15) is 25.7 Å². The van der Waals surface area contributed by atoms with Gasteiger partial charge in [-0.25, -0.2) is 4.98 Å².